The summed E-state index contributed by atoms with van der Waals surface area (Å²) < 4.78 is 0. The maximum atomic E-state index is 5.79. The molecule has 0 atom stereocenters. The molecule has 2 aromatic rings. The first kappa shape index (κ1) is 7.31. The molecule has 3 nitrogen and oxygen atoms in total. The van der Waals surface area contributed by atoms with E-state index >= 15 is 0 Å². The third-order valence-corrected chi connectivity index (χ3v) is 1.87. The highest BCUT2D eigenvalue weighted by molar-refractivity contribution is 6.31. The van der Waals surface area contributed by atoms with Crippen molar-refractivity contribution in [1.82, 2.24) is 10.2 Å². The Morgan fingerprint density at radius 2 is 2.17 bits per heavy atom. The number of nitrogens with zero attached hydrogens (tertiary/aromatic N) is 2. The van der Waals surface area contributed by atoms with Crippen LogP contribution >= 0.6 is 11.6 Å². The molecule has 4 heteroatoms. The molecule has 0 fully saturated rings. The van der Waals surface area contributed by atoms with Crippen molar-refractivity contribution in [2.45, 2.75) is 0 Å². The van der Waals surface area contributed by atoms with Gasteiger partial charge in [-0.3, -0.25) is 0 Å². The normalized spacial score (nSPS) is 10.4. The van der Waals surface area contributed by atoms with Crippen molar-refractivity contribution in [3.05, 3.63) is 29.4 Å². The lowest BCUT2D eigenvalue weighted by molar-refractivity contribution is 1.08. The van der Waals surface area contributed by atoms with Gasteiger partial charge in [-0.2, -0.15) is 10.2 Å². The smallest absolute Gasteiger partial charge is 0.0951 e. The Balaban J connectivity index is 2.88. The Hall–Kier alpha value is -1.35. The number of fused-ring (bicyclic) bond motifs is 1. The van der Waals surface area contributed by atoms with Crippen LogP contribution < -0.4 is 5.73 Å². The fraction of sp³-hybridized carbons (Fsp3) is 0. The quantitative estimate of drug-likeness (QED) is 0.672. The van der Waals surface area contributed by atoms with Crippen LogP contribution in [0.5, 0.6) is 0 Å². The lowest BCUT2D eigenvalue weighted by Crippen LogP contribution is -1.91. The summed E-state index contributed by atoms with van der Waals surface area (Å²) in [7, 11) is 0. The second-order valence-corrected chi connectivity index (χ2v) is 2.90. The molecule has 2 N–H and O–H groups in total. The number of hydrogen-bond donors (Lipinski definition) is 1. The van der Waals surface area contributed by atoms with Gasteiger partial charge in [-0.05, 0) is 18.2 Å². The summed E-state index contributed by atoms with van der Waals surface area (Å²) >= 11 is 5.79. The minimum atomic E-state index is 0.600. The van der Waals surface area contributed by atoms with Crippen molar-refractivity contribution in [2.75, 3.05) is 5.73 Å². The van der Waals surface area contributed by atoms with Crippen LogP contribution in [0.4, 0.5) is 5.69 Å². The van der Waals surface area contributed by atoms with E-state index in [-0.39, 0.29) is 0 Å². The molecule has 0 aliphatic carbocycles. The van der Waals surface area contributed by atoms with Crippen molar-refractivity contribution in [3.63, 3.8) is 0 Å². The molecular formula is C8H6ClN3. The van der Waals surface area contributed by atoms with E-state index in [2.05, 4.69) is 10.2 Å². The van der Waals surface area contributed by atoms with E-state index in [1.54, 1.807) is 18.2 Å². The Morgan fingerprint density at radius 3 is 3.00 bits per heavy atom. The highest BCUT2D eigenvalue weighted by Crippen LogP contribution is 2.21. The van der Waals surface area contributed by atoms with Crippen LogP contribution in [0.1, 0.15) is 0 Å². The number of halogens is 1. The zero-order valence-corrected chi connectivity index (χ0v) is 6.92. The lowest BCUT2D eigenvalue weighted by atomic mass is 10.2. The molecule has 1 aromatic carbocycles. The van der Waals surface area contributed by atoms with Crippen molar-refractivity contribution < 1.29 is 0 Å². The van der Waals surface area contributed by atoms with E-state index in [0.29, 0.717) is 10.7 Å². The second kappa shape index (κ2) is 2.60. The van der Waals surface area contributed by atoms with Crippen LogP contribution in [0.25, 0.3) is 10.9 Å². The highest BCUT2D eigenvalue weighted by atomic mass is 35.5. The molecular weight excluding hydrogens is 174 g/mol. The summed E-state index contributed by atoms with van der Waals surface area (Å²) in [4.78, 5) is 0. The van der Waals surface area contributed by atoms with Gasteiger partial charge in [-0.15, -0.1) is 0 Å². The van der Waals surface area contributed by atoms with Crippen LogP contribution in [-0.4, -0.2) is 10.2 Å². The third-order valence-electron chi connectivity index (χ3n) is 1.63. The zero-order chi connectivity index (χ0) is 8.55. The first-order valence-electron chi connectivity index (χ1n) is 3.44. The number of nitrogen functional groups attached to an aromatic ring is 1. The average molecular weight is 180 g/mol. The van der Waals surface area contributed by atoms with Crippen LogP contribution in [0.2, 0.25) is 5.02 Å². The molecule has 0 unspecified atom stereocenters. The molecule has 12 heavy (non-hydrogen) atoms. The summed E-state index contributed by atoms with van der Waals surface area (Å²) in [5.74, 6) is 0. The summed E-state index contributed by atoms with van der Waals surface area (Å²) in [6, 6.07) is 5.33. The topological polar surface area (TPSA) is 51.8 Å². The van der Waals surface area contributed by atoms with Gasteiger partial charge in [0.15, 0.2) is 0 Å². The van der Waals surface area contributed by atoms with Crippen molar-refractivity contribution >= 4 is 28.2 Å². The van der Waals surface area contributed by atoms with Gasteiger partial charge < -0.3 is 5.73 Å². The molecule has 0 amide bonds. The predicted molar refractivity (Wildman–Crippen MR) is 49.0 cm³/mol. The van der Waals surface area contributed by atoms with Gasteiger partial charge in [0, 0.05) is 10.4 Å². The zero-order valence-electron chi connectivity index (χ0n) is 6.16. The van der Waals surface area contributed by atoms with Gasteiger partial charge in [0.2, 0.25) is 0 Å². The van der Waals surface area contributed by atoms with Crippen molar-refractivity contribution in [1.29, 1.82) is 0 Å². The van der Waals surface area contributed by atoms with Crippen LogP contribution in [0.15, 0.2) is 24.4 Å². The number of benzene rings is 1. The van der Waals surface area contributed by atoms with Gasteiger partial charge in [-0.1, -0.05) is 11.6 Å². The van der Waals surface area contributed by atoms with E-state index in [1.807, 2.05) is 0 Å². The van der Waals surface area contributed by atoms with E-state index in [4.69, 9.17) is 17.3 Å². The molecule has 0 saturated heterocycles. The van der Waals surface area contributed by atoms with Crippen molar-refractivity contribution in [2.24, 2.45) is 0 Å². The number of rotatable bonds is 0. The van der Waals surface area contributed by atoms with E-state index in [0.717, 1.165) is 10.9 Å². The number of nitrogens with two attached hydrogens (primary N) is 1. The number of aromatic nitrogens is 2. The predicted octanol–water partition coefficient (Wildman–Crippen LogP) is 1.87. The van der Waals surface area contributed by atoms with E-state index in [1.165, 1.54) is 6.20 Å². The Morgan fingerprint density at radius 1 is 1.33 bits per heavy atom. The molecule has 0 bridgehead atoms. The second-order valence-electron chi connectivity index (χ2n) is 2.46. The summed E-state index contributed by atoms with van der Waals surface area (Å²) in [6.45, 7) is 0. The summed E-state index contributed by atoms with van der Waals surface area (Å²) in [5.41, 5.74) is 7.03. The maximum Gasteiger partial charge on any atom is 0.0951 e. The molecule has 0 aliphatic heterocycles. The molecule has 0 aliphatic rings. The monoisotopic (exact) mass is 179 g/mol. The molecule has 1 heterocycles. The number of anilines is 1. The first-order chi connectivity index (χ1) is 5.77. The highest BCUT2D eigenvalue weighted by Gasteiger charge is 1.99. The largest absolute Gasteiger partial charge is 0.397 e. The van der Waals surface area contributed by atoms with Gasteiger partial charge in [0.05, 0.1) is 17.4 Å². The molecule has 2 rings (SSSR count). The summed E-state index contributed by atoms with van der Waals surface area (Å²) in [5, 5.41) is 9.12. The van der Waals surface area contributed by atoms with Gasteiger partial charge >= 0.3 is 0 Å². The van der Waals surface area contributed by atoms with Gasteiger partial charge in [0.25, 0.3) is 0 Å². The third kappa shape index (κ3) is 1.08. The molecule has 0 saturated carbocycles. The lowest BCUT2D eigenvalue weighted by Gasteiger charge is -1.98. The molecule has 0 spiro atoms. The summed E-state index contributed by atoms with van der Waals surface area (Å²) in [6.07, 6.45) is 1.51. The van der Waals surface area contributed by atoms with Crippen LogP contribution in [0.3, 0.4) is 0 Å². The Bertz CT molecular complexity index is 428. The van der Waals surface area contributed by atoms with Crippen LogP contribution in [-0.2, 0) is 0 Å². The van der Waals surface area contributed by atoms with E-state index in [9.17, 15) is 0 Å². The molecule has 0 radical (unpaired) electrons. The van der Waals surface area contributed by atoms with Gasteiger partial charge in [0.1, 0.15) is 0 Å². The Labute approximate surface area is 74.2 Å². The van der Waals surface area contributed by atoms with E-state index < -0.39 is 0 Å². The average Bonchev–Trinajstić information content (AvgIpc) is 2.07. The minimum Gasteiger partial charge on any atom is -0.397 e. The fourth-order valence-corrected chi connectivity index (χ4v) is 1.22. The number of hydrogen-bond acceptors (Lipinski definition) is 3. The minimum absolute atomic E-state index is 0.600. The standard InChI is InChI=1S/C8H6ClN3/c9-5-1-2-8-6(3-5)7(10)4-11-12-8/h1-4H,(H2,10,12). The SMILES string of the molecule is Nc1cnnc2ccc(Cl)cc12. The van der Waals surface area contributed by atoms with Crippen LogP contribution in [0, 0.1) is 0 Å². The molecule has 1 aromatic heterocycles. The van der Waals surface area contributed by atoms with Crippen molar-refractivity contribution in [3.8, 4) is 0 Å². The first-order valence-corrected chi connectivity index (χ1v) is 3.81. The van der Waals surface area contributed by atoms with Gasteiger partial charge in [-0.25, -0.2) is 0 Å². The molecule has 60 valence electrons. The maximum absolute atomic E-state index is 5.79. The Kier molecular flexibility index (Phi) is 1.59. The fourth-order valence-electron chi connectivity index (χ4n) is 1.05.